The van der Waals surface area contributed by atoms with Crippen molar-refractivity contribution in [2.24, 2.45) is 0 Å². The number of nitrogens with zero attached hydrogens (tertiary/aromatic N) is 5. The molecule has 1 fully saturated rings. The highest BCUT2D eigenvalue weighted by Crippen LogP contribution is 2.21. The second-order valence-corrected chi connectivity index (χ2v) is 7.07. The van der Waals surface area contributed by atoms with Gasteiger partial charge in [-0.05, 0) is 30.5 Å². The van der Waals surface area contributed by atoms with Gasteiger partial charge in [0.15, 0.2) is 0 Å². The molecule has 7 nitrogen and oxygen atoms in total. The number of rotatable bonds is 4. The molecule has 0 unspecified atom stereocenters. The predicted octanol–water partition coefficient (Wildman–Crippen LogP) is 2.95. The molecule has 0 atom stereocenters. The maximum atomic E-state index is 12.5. The number of thiophene rings is 1. The van der Waals surface area contributed by atoms with Gasteiger partial charge >= 0.3 is 0 Å². The van der Waals surface area contributed by atoms with E-state index in [1.165, 1.54) is 0 Å². The maximum Gasteiger partial charge on any atom is 0.254 e. The molecule has 1 saturated heterocycles. The Hall–Kier alpha value is -3.00. The molecular formula is C19H20N6OS. The van der Waals surface area contributed by atoms with Crippen molar-refractivity contribution in [1.29, 1.82) is 0 Å². The Morgan fingerprint density at radius 3 is 2.67 bits per heavy atom. The number of hydrogen-bond acceptors (Lipinski definition) is 7. The fraction of sp³-hybridized carbons (Fsp3) is 0.263. The van der Waals surface area contributed by atoms with Gasteiger partial charge in [0.1, 0.15) is 23.3 Å². The molecule has 1 N–H and O–H groups in total. The summed E-state index contributed by atoms with van der Waals surface area (Å²) in [5.74, 6) is 3.12. The van der Waals surface area contributed by atoms with Crippen LogP contribution in [-0.2, 0) is 0 Å². The minimum atomic E-state index is 0.104. The van der Waals surface area contributed by atoms with Crippen molar-refractivity contribution in [3.05, 3.63) is 58.7 Å². The summed E-state index contributed by atoms with van der Waals surface area (Å²) in [6, 6.07) is 9.50. The van der Waals surface area contributed by atoms with Gasteiger partial charge in [0.05, 0.1) is 5.56 Å². The molecule has 4 heterocycles. The summed E-state index contributed by atoms with van der Waals surface area (Å²) in [7, 11) is 0. The van der Waals surface area contributed by atoms with E-state index in [1.54, 1.807) is 17.5 Å². The zero-order valence-corrected chi connectivity index (χ0v) is 15.8. The normalized spacial score (nSPS) is 14.3. The number of hydrogen-bond donors (Lipinski definition) is 1. The summed E-state index contributed by atoms with van der Waals surface area (Å²) < 4.78 is 0. The smallest absolute Gasteiger partial charge is 0.254 e. The van der Waals surface area contributed by atoms with Crippen molar-refractivity contribution in [2.75, 3.05) is 36.4 Å². The van der Waals surface area contributed by atoms with Gasteiger partial charge in [0.2, 0.25) is 0 Å². The van der Waals surface area contributed by atoms with E-state index in [1.807, 2.05) is 52.9 Å². The van der Waals surface area contributed by atoms with E-state index in [0.29, 0.717) is 24.7 Å². The van der Waals surface area contributed by atoms with Crippen LogP contribution in [0.1, 0.15) is 16.2 Å². The summed E-state index contributed by atoms with van der Waals surface area (Å²) >= 11 is 1.55. The third-order valence-electron chi connectivity index (χ3n) is 4.40. The van der Waals surface area contributed by atoms with Gasteiger partial charge in [0.25, 0.3) is 5.91 Å². The summed E-state index contributed by atoms with van der Waals surface area (Å²) in [4.78, 5) is 29.9. The van der Waals surface area contributed by atoms with Crippen molar-refractivity contribution >= 4 is 34.7 Å². The molecule has 3 aromatic rings. The Labute approximate surface area is 161 Å². The van der Waals surface area contributed by atoms with Gasteiger partial charge in [-0.3, -0.25) is 4.79 Å². The first-order chi connectivity index (χ1) is 13.2. The van der Waals surface area contributed by atoms with Crippen LogP contribution in [0.4, 0.5) is 17.5 Å². The van der Waals surface area contributed by atoms with Crippen LogP contribution in [0.5, 0.6) is 0 Å². The van der Waals surface area contributed by atoms with Gasteiger partial charge < -0.3 is 15.1 Å². The van der Waals surface area contributed by atoms with Crippen molar-refractivity contribution in [3.63, 3.8) is 0 Å². The van der Waals surface area contributed by atoms with Crippen molar-refractivity contribution < 1.29 is 4.79 Å². The molecule has 0 spiro atoms. The lowest BCUT2D eigenvalue weighted by Gasteiger charge is -2.35. The number of aromatic nitrogens is 3. The number of aryl methyl sites for hydroxylation is 1. The fourth-order valence-corrected chi connectivity index (χ4v) is 3.68. The topological polar surface area (TPSA) is 74.2 Å². The number of amides is 1. The number of anilines is 3. The quantitative estimate of drug-likeness (QED) is 0.750. The van der Waals surface area contributed by atoms with Gasteiger partial charge in [-0.25, -0.2) is 15.0 Å². The molecule has 0 saturated carbocycles. The molecule has 0 bridgehead atoms. The Kier molecular flexibility index (Phi) is 4.97. The van der Waals surface area contributed by atoms with Crippen molar-refractivity contribution in [1.82, 2.24) is 19.9 Å². The molecular weight excluding hydrogens is 360 g/mol. The Bertz CT molecular complexity index is 907. The predicted molar refractivity (Wildman–Crippen MR) is 107 cm³/mol. The third kappa shape index (κ3) is 4.06. The van der Waals surface area contributed by atoms with Crippen LogP contribution in [0.3, 0.4) is 0 Å². The SMILES string of the molecule is Cc1nc(Nc2ccccn2)cc(N2CCN(C(=O)c3ccsc3)CC2)n1. The molecule has 138 valence electrons. The van der Waals surface area contributed by atoms with Crippen LogP contribution in [0.15, 0.2) is 47.3 Å². The molecule has 1 aliphatic heterocycles. The van der Waals surface area contributed by atoms with Crippen LogP contribution < -0.4 is 10.2 Å². The largest absolute Gasteiger partial charge is 0.353 e. The Morgan fingerprint density at radius 1 is 1.11 bits per heavy atom. The van der Waals surface area contributed by atoms with Gasteiger partial charge in [0, 0.05) is 43.8 Å². The lowest BCUT2D eigenvalue weighted by molar-refractivity contribution is 0.0747. The molecule has 27 heavy (non-hydrogen) atoms. The highest BCUT2D eigenvalue weighted by atomic mass is 32.1. The second-order valence-electron chi connectivity index (χ2n) is 6.29. The molecule has 4 rings (SSSR count). The molecule has 1 amide bonds. The zero-order chi connectivity index (χ0) is 18.6. The van der Waals surface area contributed by atoms with E-state index in [9.17, 15) is 4.79 Å². The summed E-state index contributed by atoms with van der Waals surface area (Å²) in [5.41, 5.74) is 0.771. The first kappa shape index (κ1) is 17.4. The highest BCUT2D eigenvalue weighted by molar-refractivity contribution is 7.08. The van der Waals surface area contributed by atoms with Crippen molar-refractivity contribution in [3.8, 4) is 0 Å². The summed E-state index contributed by atoms with van der Waals surface area (Å²) in [6.45, 7) is 4.73. The monoisotopic (exact) mass is 380 g/mol. The van der Waals surface area contributed by atoms with Crippen molar-refractivity contribution in [2.45, 2.75) is 6.92 Å². The Balaban J connectivity index is 1.44. The lowest BCUT2D eigenvalue weighted by Crippen LogP contribution is -2.49. The molecule has 1 aliphatic rings. The molecule has 0 aliphatic carbocycles. The highest BCUT2D eigenvalue weighted by Gasteiger charge is 2.23. The van der Waals surface area contributed by atoms with E-state index >= 15 is 0 Å². The van der Waals surface area contributed by atoms with Gasteiger partial charge in [-0.15, -0.1) is 0 Å². The van der Waals surface area contributed by atoms with Gasteiger partial charge in [-0.2, -0.15) is 11.3 Å². The van der Waals surface area contributed by atoms with Crippen LogP contribution >= 0.6 is 11.3 Å². The standard InChI is InChI=1S/C19H20N6OS/c1-14-21-17(23-16-4-2-3-6-20-16)12-18(22-14)24-7-9-25(10-8-24)19(26)15-5-11-27-13-15/h2-6,11-13H,7-10H2,1H3,(H,20,21,22,23). The summed E-state index contributed by atoms with van der Waals surface area (Å²) in [6.07, 6.45) is 1.74. The second kappa shape index (κ2) is 7.71. The van der Waals surface area contributed by atoms with E-state index < -0.39 is 0 Å². The number of carbonyl (C=O) groups excluding carboxylic acids is 1. The minimum absolute atomic E-state index is 0.104. The van der Waals surface area contributed by atoms with Crippen LogP contribution in [0, 0.1) is 6.92 Å². The van der Waals surface area contributed by atoms with Gasteiger partial charge in [-0.1, -0.05) is 6.07 Å². The van der Waals surface area contributed by atoms with E-state index in [4.69, 9.17) is 0 Å². The summed E-state index contributed by atoms with van der Waals surface area (Å²) in [5, 5.41) is 7.05. The van der Waals surface area contributed by atoms with Crippen LogP contribution in [0.25, 0.3) is 0 Å². The lowest BCUT2D eigenvalue weighted by atomic mass is 10.2. The average molecular weight is 380 g/mol. The molecule has 3 aromatic heterocycles. The van der Waals surface area contributed by atoms with Crippen LogP contribution in [0.2, 0.25) is 0 Å². The van der Waals surface area contributed by atoms with E-state index in [2.05, 4.69) is 25.2 Å². The maximum absolute atomic E-state index is 12.5. The third-order valence-corrected chi connectivity index (χ3v) is 5.09. The molecule has 0 radical (unpaired) electrons. The number of piperazine rings is 1. The van der Waals surface area contributed by atoms with E-state index in [-0.39, 0.29) is 5.91 Å². The number of carbonyl (C=O) groups is 1. The average Bonchev–Trinajstić information content (AvgIpc) is 3.23. The molecule has 8 heteroatoms. The van der Waals surface area contributed by atoms with E-state index in [0.717, 1.165) is 30.3 Å². The first-order valence-electron chi connectivity index (χ1n) is 8.79. The number of pyridine rings is 1. The molecule has 0 aromatic carbocycles. The number of nitrogens with one attached hydrogen (secondary N) is 1. The first-order valence-corrected chi connectivity index (χ1v) is 9.73. The Morgan fingerprint density at radius 2 is 1.96 bits per heavy atom. The zero-order valence-electron chi connectivity index (χ0n) is 15.0. The fourth-order valence-electron chi connectivity index (χ4n) is 3.05. The van der Waals surface area contributed by atoms with Crippen LogP contribution in [-0.4, -0.2) is 51.9 Å². The minimum Gasteiger partial charge on any atom is -0.353 e.